The van der Waals surface area contributed by atoms with Gasteiger partial charge in [0.05, 0.1) is 8.66 Å². The molecule has 1 aromatic heterocycles. The first kappa shape index (κ1) is 10.4. The van der Waals surface area contributed by atoms with E-state index in [0.717, 1.165) is 27.4 Å². The number of thiophene rings is 1. The number of ketones is 1. The molecule has 2 rings (SSSR count). The molecule has 0 spiro atoms. The first-order valence-corrected chi connectivity index (χ1v) is 6.57. The van der Waals surface area contributed by atoms with Crippen LogP contribution in [0.5, 0.6) is 0 Å². The summed E-state index contributed by atoms with van der Waals surface area (Å²) < 4.78 is 1.09. The van der Waals surface area contributed by atoms with E-state index in [1.165, 1.54) is 18.4 Å². The minimum atomic E-state index is 0.315. The van der Waals surface area contributed by atoms with Crippen LogP contribution in [0.1, 0.15) is 40.9 Å². The first-order valence-electron chi connectivity index (χ1n) is 4.96. The highest BCUT2D eigenvalue weighted by Crippen LogP contribution is 2.35. The van der Waals surface area contributed by atoms with Crippen molar-refractivity contribution in [2.45, 2.75) is 32.6 Å². The minimum absolute atomic E-state index is 0.315. The van der Waals surface area contributed by atoms with Crippen LogP contribution in [0.2, 0.25) is 0 Å². The van der Waals surface area contributed by atoms with E-state index in [2.05, 4.69) is 15.9 Å². The van der Waals surface area contributed by atoms with Gasteiger partial charge in [0.25, 0.3) is 0 Å². The molecule has 0 aromatic carbocycles. The largest absolute Gasteiger partial charge is 0.293 e. The number of aryl methyl sites for hydroxylation is 1. The molecule has 1 saturated carbocycles. The van der Waals surface area contributed by atoms with Gasteiger partial charge in [-0.2, -0.15) is 0 Å². The smallest absolute Gasteiger partial charge is 0.172 e. The lowest BCUT2D eigenvalue weighted by molar-refractivity contribution is 0.0982. The van der Waals surface area contributed by atoms with Crippen LogP contribution < -0.4 is 0 Å². The monoisotopic (exact) mass is 272 g/mol. The van der Waals surface area contributed by atoms with E-state index in [0.29, 0.717) is 5.78 Å². The number of Topliss-reactive ketones (excluding diaryl/α,β-unsaturated/α-hetero) is 1. The van der Waals surface area contributed by atoms with Crippen molar-refractivity contribution in [3.63, 3.8) is 0 Å². The first-order chi connectivity index (χ1) is 6.66. The lowest BCUT2D eigenvalue weighted by atomic mass is 10.1. The Morgan fingerprint density at radius 3 is 2.86 bits per heavy atom. The zero-order valence-electron chi connectivity index (χ0n) is 8.18. The average Bonchev–Trinajstić information content (AvgIpc) is 2.91. The third-order valence-corrected chi connectivity index (χ3v) is 4.79. The molecule has 0 aliphatic heterocycles. The number of halogens is 1. The summed E-state index contributed by atoms with van der Waals surface area (Å²) in [5.41, 5.74) is 1.17. The Hall–Kier alpha value is -0.150. The minimum Gasteiger partial charge on any atom is -0.293 e. The molecule has 0 unspecified atom stereocenters. The lowest BCUT2D eigenvalue weighted by Gasteiger charge is -1.95. The molecule has 14 heavy (non-hydrogen) atoms. The molecule has 1 aromatic rings. The van der Waals surface area contributed by atoms with Crippen LogP contribution in [-0.2, 0) is 0 Å². The van der Waals surface area contributed by atoms with Crippen LogP contribution in [0.25, 0.3) is 0 Å². The van der Waals surface area contributed by atoms with Crippen molar-refractivity contribution >= 4 is 33.0 Å². The molecule has 1 nitrogen and oxygen atoms in total. The predicted molar refractivity (Wildman–Crippen MR) is 63.0 cm³/mol. The fourth-order valence-electron chi connectivity index (χ4n) is 1.46. The molecule has 1 fully saturated rings. The van der Waals surface area contributed by atoms with Crippen LogP contribution in [0.4, 0.5) is 0 Å². The number of hydrogen-bond donors (Lipinski definition) is 0. The second-order valence-electron chi connectivity index (χ2n) is 3.97. The molecule has 1 heterocycles. The third-order valence-electron chi connectivity index (χ3n) is 2.61. The van der Waals surface area contributed by atoms with E-state index in [1.54, 1.807) is 11.3 Å². The standard InChI is InChI=1S/C11H13BrOS/c1-7-6-10(14-11(7)12)9(13)5-4-8-2-3-8/h6,8H,2-5H2,1H3. The molecule has 1 aliphatic rings. The molecule has 0 radical (unpaired) electrons. The van der Waals surface area contributed by atoms with E-state index < -0.39 is 0 Å². The van der Waals surface area contributed by atoms with Crippen molar-refractivity contribution in [1.82, 2.24) is 0 Å². The zero-order chi connectivity index (χ0) is 10.1. The second kappa shape index (κ2) is 4.15. The summed E-state index contributed by atoms with van der Waals surface area (Å²) >= 11 is 5.00. The highest BCUT2D eigenvalue weighted by molar-refractivity contribution is 9.11. The maximum atomic E-state index is 11.7. The van der Waals surface area contributed by atoms with E-state index in [9.17, 15) is 4.79 Å². The van der Waals surface area contributed by atoms with E-state index in [-0.39, 0.29) is 0 Å². The van der Waals surface area contributed by atoms with Crippen molar-refractivity contribution in [2.24, 2.45) is 5.92 Å². The van der Waals surface area contributed by atoms with Gasteiger partial charge >= 0.3 is 0 Å². The van der Waals surface area contributed by atoms with Gasteiger partial charge in [-0.25, -0.2) is 0 Å². The summed E-state index contributed by atoms with van der Waals surface area (Å²) in [4.78, 5) is 12.6. The molecular weight excluding hydrogens is 260 g/mol. The molecular formula is C11H13BrOS. The van der Waals surface area contributed by atoms with E-state index >= 15 is 0 Å². The highest BCUT2D eigenvalue weighted by Gasteiger charge is 2.22. The van der Waals surface area contributed by atoms with Crippen molar-refractivity contribution in [1.29, 1.82) is 0 Å². The van der Waals surface area contributed by atoms with Gasteiger partial charge in [0.2, 0.25) is 0 Å². The molecule has 0 N–H and O–H groups in total. The van der Waals surface area contributed by atoms with Crippen LogP contribution in [0, 0.1) is 12.8 Å². The topological polar surface area (TPSA) is 17.1 Å². The van der Waals surface area contributed by atoms with Crippen molar-refractivity contribution in [2.75, 3.05) is 0 Å². The summed E-state index contributed by atoms with van der Waals surface area (Å²) in [6.07, 6.45) is 4.49. The summed E-state index contributed by atoms with van der Waals surface area (Å²) in [6.45, 7) is 2.03. The SMILES string of the molecule is Cc1cc(C(=O)CCC2CC2)sc1Br. The Balaban J connectivity index is 1.95. The van der Waals surface area contributed by atoms with Gasteiger partial charge in [0.15, 0.2) is 5.78 Å². The number of carbonyl (C=O) groups is 1. The average molecular weight is 273 g/mol. The normalized spacial score (nSPS) is 15.9. The molecule has 0 amide bonds. The zero-order valence-corrected chi connectivity index (χ0v) is 10.6. The van der Waals surface area contributed by atoms with Gasteiger partial charge in [-0.1, -0.05) is 12.8 Å². The molecule has 0 saturated heterocycles. The number of hydrogen-bond acceptors (Lipinski definition) is 2. The summed E-state index contributed by atoms with van der Waals surface area (Å²) in [6, 6.07) is 1.99. The Labute approximate surface area is 96.6 Å². The van der Waals surface area contributed by atoms with Gasteiger partial charge < -0.3 is 0 Å². The van der Waals surface area contributed by atoms with Gasteiger partial charge in [-0.15, -0.1) is 11.3 Å². The summed E-state index contributed by atoms with van der Waals surface area (Å²) in [7, 11) is 0. The quantitative estimate of drug-likeness (QED) is 0.752. The van der Waals surface area contributed by atoms with Gasteiger partial charge in [-0.05, 0) is 46.8 Å². The van der Waals surface area contributed by atoms with Crippen LogP contribution >= 0.6 is 27.3 Å². The Morgan fingerprint density at radius 1 is 1.64 bits per heavy atom. The molecule has 0 bridgehead atoms. The van der Waals surface area contributed by atoms with Crippen LogP contribution in [0.15, 0.2) is 9.85 Å². The Morgan fingerprint density at radius 2 is 2.36 bits per heavy atom. The number of carbonyl (C=O) groups excluding carboxylic acids is 1. The molecule has 0 atom stereocenters. The second-order valence-corrected chi connectivity index (χ2v) is 6.34. The highest BCUT2D eigenvalue weighted by atomic mass is 79.9. The third kappa shape index (κ3) is 2.45. The van der Waals surface area contributed by atoms with Crippen LogP contribution in [0.3, 0.4) is 0 Å². The fourth-order valence-corrected chi connectivity index (χ4v) is 2.96. The summed E-state index contributed by atoms with van der Waals surface area (Å²) in [5.74, 6) is 1.17. The number of rotatable bonds is 4. The predicted octanol–water partition coefficient (Wildman–Crippen LogP) is 4.19. The maximum Gasteiger partial charge on any atom is 0.172 e. The van der Waals surface area contributed by atoms with E-state index in [1.807, 2.05) is 13.0 Å². The van der Waals surface area contributed by atoms with Gasteiger partial charge in [0, 0.05) is 6.42 Å². The summed E-state index contributed by atoms with van der Waals surface area (Å²) in [5, 5.41) is 0. The fraction of sp³-hybridized carbons (Fsp3) is 0.545. The maximum absolute atomic E-state index is 11.7. The van der Waals surface area contributed by atoms with Crippen molar-refractivity contribution in [3.05, 3.63) is 20.3 Å². The Bertz CT molecular complexity index is 333. The Kier molecular flexibility index (Phi) is 3.07. The van der Waals surface area contributed by atoms with E-state index in [4.69, 9.17) is 0 Å². The molecule has 1 aliphatic carbocycles. The van der Waals surface area contributed by atoms with Crippen molar-refractivity contribution < 1.29 is 4.79 Å². The molecule has 76 valence electrons. The van der Waals surface area contributed by atoms with Gasteiger partial charge in [-0.3, -0.25) is 4.79 Å². The lowest BCUT2D eigenvalue weighted by Crippen LogP contribution is -1.95. The van der Waals surface area contributed by atoms with Crippen LogP contribution in [-0.4, -0.2) is 5.78 Å². The van der Waals surface area contributed by atoms with Gasteiger partial charge in [0.1, 0.15) is 0 Å². The van der Waals surface area contributed by atoms with Crippen molar-refractivity contribution in [3.8, 4) is 0 Å². The molecule has 3 heteroatoms.